The second-order valence-corrected chi connectivity index (χ2v) is 10.5. The average molecular weight is 465 g/mol. The number of halogens is 1. The lowest BCUT2D eigenvalue weighted by atomic mass is 9.97. The molecular weight excluding hydrogens is 436 g/mol. The molecule has 0 atom stereocenters. The molecule has 0 radical (unpaired) electrons. The van der Waals surface area contributed by atoms with Gasteiger partial charge in [-0.05, 0) is 62.1 Å². The van der Waals surface area contributed by atoms with Gasteiger partial charge in [-0.3, -0.25) is 4.79 Å². The van der Waals surface area contributed by atoms with E-state index in [0.29, 0.717) is 43.1 Å². The smallest absolute Gasteiger partial charge is 0.223 e. The van der Waals surface area contributed by atoms with Crippen molar-refractivity contribution in [1.29, 1.82) is 0 Å². The SMILES string of the molecule is CC(C)Oc1ccc(CNC(=O)C2CCN(S(=O)(=O)Cc3ccc(Cl)cc3)CC2)cc1. The maximum absolute atomic E-state index is 12.7. The summed E-state index contributed by atoms with van der Waals surface area (Å²) in [5.74, 6) is 0.539. The number of amides is 1. The fourth-order valence-corrected chi connectivity index (χ4v) is 5.26. The van der Waals surface area contributed by atoms with E-state index in [-0.39, 0.29) is 23.7 Å². The molecule has 0 spiro atoms. The quantitative estimate of drug-likeness (QED) is 0.641. The number of piperidine rings is 1. The van der Waals surface area contributed by atoms with Crippen LogP contribution in [0.2, 0.25) is 5.02 Å². The molecule has 0 saturated carbocycles. The lowest BCUT2D eigenvalue weighted by molar-refractivity contribution is -0.126. The monoisotopic (exact) mass is 464 g/mol. The van der Waals surface area contributed by atoms with Crippen LogP contribution in [0.3, 0.4) is 0 Å². The van der Waals surface area contributed by atoms with E-state index in [2.05, 4.69) is 5.32 Å². The molecular formula is C23H29ClN2O4S. The van der Waals surface area contributed by atoms with Gasteiger partial charge in [0.05, 0.1) is 11.9 Å². The topological polar surface area (TPSA) is 75.7 Å². The molecule has 1 N–H and O–H groups in total. The summed E-state index contributed by atoms with van der Waals surface area (Å²) in [4.78, 5) is 12.5. The zero-order valence-corrected chi connectivity index (χ0v) is 19.5. The predicted molar refractivity (Wildman–Crippen MR) is 122 cm³/mol. The van der Waals surface area contributed by atoms with Crippen molar-refractivity contribution in [3.8, 4) is 5.75 Å². The minimum atomic E-state index is -3.42. The van der Waals surface area contributed by atoms with E-state index in [4.69, 9.17) is 16.3 Å². The van der Waals surface area contributed by atoms with Gasteiger partial charge in [0.2, 0.25) is 15.9 Å². The third kappa shape index (κ3) is 6.95. The van der Waals surface area contributed by atoms with E-state index in [9.17, 15) is 13.2 Å². The summed E-state index contributed by atoms with van der Waals surface area (Å²) >= 11 is 5.86. The Labute approximate surface area is 189 Å². The fraction of sp³-hybridized carbons (Fsp3) is 0.435. The second-order valence-electron chi connectivity index (χ2n) is 8.08. The van der Waals surface area contributed by atoms with Crippen molar-refractivity contribution in [3.63, 3.8) is 0 Å². The van der Waals surface area contributed by atoms with Crippen LogP contribution in [0.5, 0.6) is 5.75 Å². The summed E-state index contributed by atoms with van der Waals surface area (Å²) in [7, 11) is -3.42. The molecule has 1 amide bonds. The summed E-state index contributed by atoms with van der Waals surface area (Å²) in [6.07, 6.45) is 1.16. The maximum atomic E-state index is 12.7. The van der Waals surface area contributed by atoms with Gasteiger partial charge in [-0.2, -0.15) is 0 Å². The number of rotatable bonds is 8. The van der Waals surface area contributed by atoms with Crippen molar-refractivity contribution in [1.82, 2.24) is 9.62 Å². The number of carbonyl (C=O) groups excluding carboxylic acids is 1. The van der Waals surface area contributed by atoms with Gasteiger partial charge in [-0.1, -0.05) is 35.9 Å². The molecule has 0 aliphatic carbocycles. The Morgan fingerprint density at radius 2 is 1.65 bits per heavy atom. The Bertz CT molecular complexity index is 968. The van der Waals surface area contributed by atoms with Gasteiger partial charge in [0.1, 0.15) is 5.75 Å². The molecule has 2 aromatic rings. The summed E-state index contributed by atoms with van der Waals surface area (Å²) in [6, 6.07) is 14.5. The highest BCUT2D eigenvalue weighted by Crippen LogP contribution is 2.23. The Morgan fingerprint density at radius 1 is 1.06 bits per heavy atom. The fourth-order valence-electron chi connectivity index (χ4n) is 3.57. The maximum Gasteiger partial charge on any atom is 0.223 e. The number of nitrogens with zero attached hydrogens (tertiary/aromatic N) is 1. The second kappa shape index (κ2) is 10.5. The largest absolute Gasteiger partial charge is 0.491 e. The van der Waals surface area contributed by atoms with Crippen molar-refractivity contribution < 1.29 is 17.9 Å². The van der Waals surface area contributed by atoms with Gasteiger partial charge in [0, 0.05) is 30.6 Å². The highest BCUT2D eigenvalue weighted by atomic mass is 35.5. The average Bonchev–Trinajstić information content (AvgIpc) is 2.74. The summed E-state index contributed by atoms with van der Waals surface area (Å²) in [5.41, 5.74) is 1.70. The number of sulfonamides is 1. The molecule has 0 unspecified atom stereocenters. The van der Waals surface area contributed by atoms with E-state index >= 15 is 0 Å². The molecule has 1 heterocycles. The van der Waals surface area contributed by atoms with Crippen molar-refractivity contribution in [3.05, 3.63) is 64.7 Å². The van der Waals surface area contributed by atoms with Crippen LogP contribution in [0.15, 0.2) is 48.5 Å². The molecule has 8 heteroatoms. The highest BCUT2D eigenvalue weighted by molar-refractivity contribution is 7.88. The molecule has 1 aliphatic rings. The lowest BCUT2D eigenvalue weighted by Crippen LogP contribution is -2.43. The van der Waals surface area contributed by atoms with Gasteiger partial charge in [-0.25, -0.2) is 12.7 Å². The third-order valence-corrected chi connectivity index (χ3v) is 7.34. The van der Waals surface area contributed by atoms with Gasteiger partial charge in [0.25, 0.3) is 0 Å². The number of ether oxygens (including phenoxy) is 1. The van der Waals surface area contributed by atoms with E-state index in [1.165, 1.54) is 4.31 Å². The van der Waals surface area contributed by atoms with Crippen LogP contribution in [-0.4, -0.2) is 37.8 Å². The van der Waals surface area contributed by atoms with Gasteiger partial charge in [0.15, 0.2) is 0 Å². The minimum Gasteiger partial charge on any atom is -0.491 e. The molecule has 6 nitrogen and oxygen atoms in total. The van der Waals surface area contributed by atoms with Crippen molar-refractivity contribution in [2.45, 2.75) is 45.1 Å². The third-order valence-electron chi connectivity index (χ3n) is 5.24. The van der Waals surface area contributed by atoms with Crippen molar-refractivity contribution >= 4 is 27.5 Å². The number of hydrogen-bond acceptors (Lipinski definition) is 4. The molecule has 1 fully saturated rings. The Balaban J connectivity index is 1.46. The molecule has 1 aliphatic heterocycles. The summed E-state index contributed by atoms with van der Waals surface area (Å²) in [6.45, 7) is 5.10. The number of benzene rings is 2. The van der Waals surface area contributed by atoms with Crippen molar-refractivity contribution in [2.24, 2.45) is 5.92 Å². The normalized spacial score (nSPS) is 15.7. The minimum absolute atomic E-state index is 0.0303. The van der Waals surface area contributed by atoms with Gasteiger partial charge >= 0.3 is 0 Å². The van der Waals surface area contributed by atoms with Gasteiger partial charge in [-0.15, -0.1) is 0 Å². The van der Waals surface area contributed by atoms with E-state index < -0.39 is 10.0 Å². The van der Waals surface area contributed by atoms with Gasteiger partial charge < -0.3 is 10.1 Å². The van der Waals surface area contributed by atoms with E-state index in [0.717, 1.165) is 11.3 Å². The molecule has 0 bridgehead atoms. The first kappa shape index (κ1) is 23.6. The Hall–Kier alpha value is -2.09. The Morgan fingerprint density at radius 3 is 2.23 bits per heavy atom. The Kier molecular flexibility index (Phi) is 7.97. The first-order valence-corrected chi connectivity index (χ1v) is 12.5. The zero-order valence-electron chi connectivity index (χ0n) is 17.9. The molecule has 168 valence electrons. The van der Waals surface area contributed by atoms with Crippen LogP contribution >= 0.6 is 11.6 Å². The molecule has 1 saturated heterocycles. The standard InChI is InChI=1S/C23H29ClN2O4S/c1-17(2)30-22-9-5-18(6-10-22)15-25-23(27)20-11-13-26(14-12-20)31(28,29)16-19-3-7-21(24)8-4-19/h3-10,17,20H,11-16H2,1-2H3,(H,25,27). The molecule has 31 heavy (non-hydrogen) atoms. The zero-order chi connectivity index (χ0) is 22.4. The lowest BCUT2D eigenvalue weighted by Gasteiger charge is -2.30. The predicted octanol–water partition coefficient (Wildman–Crippen LogP) is 3.99. The van der Waals surface area contributed by atoms with Crippen LogP contribution in [0.25, 0.3) is 0 Å². The van der Waals surface area contributed by atoms with Crippen LogP contribution in [0.4, 0.5) is 0 Å². The van der Waals surface area contributed by atoms with Crippen LogP contribution in [-0.2, 0) is 27.1 Å². The summed E-state index contributed by atoms with van der Waals surface area (Å²) < 4.78 is 32.5. The van der Waals surface area contributed by atoms with Crippen molar-refractivity contribution in [2.75, 3.05) is 13.1 Å². The molecule has 3 rings (SSSR count). The van der Waals surface area contributed by atoms with Crippen LogP contribution < -0.4 is 10.1 Å². The van der Waals surface area contributed by atoms with E-state index in [1.54, 1.807) is 24.3 Å². The number of carbonyl (C=O) groups is 1. The summed E-state index contributed by atoms with van der Waals surface area (Å²) in [5, 5.41) is 3.54. The molecule has 0 aromatic heterocycles. The first-order valence-electron chi connectivity index (χ1n) is 10.5. The highest BCUT2D eigenvalue weighted by Gasteiger charge is 2.31. The van der Waals surface area contributed by atoms with E-state index in [1.807, 2.05) is 38.1 Å². The molecule has 2 aromatic carbocycles. The first-order chi connectivity index (χ1) is 14.7. The van der Waals surface area contributed by atoms with Crippen LogP contribution in [0, 0.1) is 5.92 Å². The number of nitrogens with one attached hydrogen (secondary N) is 1. The van der Waals surface area contributed by atoms with Crippen LogP contribution in [0.1, 0.15) is 37.8 Å². The number of hydrogen-bond donors (Lipinski definition) is 1.